The maximum absolute atomic E-state index is 12.4. The van der Waals surface area contributed by atoms with E-state index in [1.807, 2.05) is 13.8 Å². The van der Waals surface area contributed by atoms with Crippen LogP contribution in [-0.4, -0.2) is 20.5 Å². The fourth-order valence-corrected chi connectivity index (χ4v) is 4.09. The Morgan fingerprint density at radius 3 is 2.83 bits per heavy atom. The lowest BCUT2D eigenvalue weighted by Crippen LogP contribution is -2.15. The minimum atomic E-state index is -0.0751. The van der Waals surface area contributed by atoms with E-state index in [2.05, 4.69) is 10.1 Å². The van der Waals surface area contributed by atoms with E-state index < -0.39 is 0 Å². The van der Waals surface area contributed by atoms with Crippen LogP contribution in [0, 0.1) is 13.8 Å². The van der Waals surface area contributed by atoms with Gasteiger partial charge in [-0.25, -0.2) is 4.98 Å². The summed E-state index contributed by atoms with van der Waals surface area (Å²) >= 11 is 8.68. The fourth-order valence-electron chi connectivity index (χ4n) is 1.84. The number of hydrogen-bond acceptors (Lipinski definition) is 5. The molecule has 0 fully saturated rings. The summed E-state index contributed by atoms with van der Waals surface area (Å²) in [5, 5.41) is 5.82. The number of aryl methyl sites for hydroxylation is 3. The Balaban J connectivity index is 2.40. The highest BCUT2D eigenvalue weighted by molar-refractivity contribution is 7.19. The van der Waals surface area contributed by atoms with Crippen molar-refractivity contribution in [3.63, 3.8) is 0 Å². The van der Waals surface area contributed by atoms with Gasteiger partial charge >= 0.3 is 0 Å². The Hall–Kier alpha value is -0.980. The highest BCUT2D eigenvalue weighted by Crippen LogP contribution is 2.27. The smallest absolute Gasteiger partial charge is 0.266 e. The molecule has 4 nitrogen and oxygen atoms in total. The largest absolute Gasteiger partial charge is 0.284 e. The molecule has 3 rings (SSSR count). The van der Waals surface area contributed by atoms with Gasteiger partial charge in [0.05, 0.1) is 5.39 Å². The molecule has 0 aliphatic heterocycles. The molecule has 7 heteroatoms. The number of aromatic nitrogens is 3. The van der Waals surface area contributed by atoms with Crippen LogP contribution in [0.1, 0.15) is 15.4 Å². The van der Waals surface area contributed by atoms with Crippen molar-refractivity contribution in [2.45, 2.75) is 20.3 Å². The zero-order valence-corrected chi connectivity index (χ0v) is 12.2. The van der Waals surface area contributed by atoms with Crippen LogP contribution in [0.4, 0.5) is 0 Å². The zero-order chi connectivity index (χ0) is 12.9. The van der Waals surface area contributed by atoms with E-state index in [0.29, 0.717) is 22.6 Å². The van der Waals surface area contributed by atoms with Crippen LogP contribution in [0.2, 0.25) is 0 Å². The van der Waals surface area contributed by atoms with Crippen molar-refractivity contribution in [2.75, 3.05) is 5.88 Å². The first-order valence-corrected chi connectivity index (χ1v) is 7.63. The third kappa shape index (κ3) is 1.67. The quantitative estimate of drug-likeness (QED) is 0.684. The molecule has 0 aliphatic rings. The van der Waals surface area contributed by atoms with Crippen molar-refractivity contribution in [1.29, 1.82) is 0 Å². The number of alkyl halides is 1. The molecule has 3 heterocycles. The van der Waals surface area contributed by atoms with Gasteiger partial charge in [0, 0.05) is 17.2 Å². The second kappa shape index (κ2) is 4.29. The summed E-state index contributed by atoms with van der Waals surface area (Å²) in [6.45, 7) is 3.96. The van der Waals surface area contributed by atoms with E-state index in [-0.39, 0.29) is 5.56 Å². The van der Waals surface area contributed by atoms with Gasteiger partial charge in [0.2, 0.25) is 4.96 Å². The predicted octanol–water partition coefficient (Wildman–Crippen LogP) is 2.76. The van der Waals surface area contributed by atoms with Crippen molar-refractivity contribution in [3.05, 3.63) is 25.8 Å². The van der Waals surface area contributed by atoms with Gasteiger partial charge in [0.1, 0.15) is 9.84 Å². The molecule has 0 atom stereocenters. The third-order valence-electron chi connectivity index (χ3n) is 2.88. The van der Waals surface area contributed by atoms with Gasteiger partial charge in [-0.05, 0) is 19.4 Å². The molecule has 94 valence electrons. The van der Waals surface area contributed by atoms with Crippen molar-refractivity contribution >= 4 is 49.5 Å². The topological polar surface area (TPSA) is 47.3 Å². The zero-order valence-electron chi connectivity index (χ0n) is 9.86. The number of hydrogen-bond donors (Lipinski definition) is 0. The van der Waals surface area contributed by atoms with Gasteiger partial charge in [-0.2, -0.15) is 9.61 Å². The second-order valence-corrected chi connectivity index (χ2v) is 6.63. The molecule has 3 aromatic rings. The monoisotopic (exact) mass is 299 g/mol. The summed E-state index contributed by atoms with van der Waals surface area (Å²) < 4.78 is 1.40. The predicted molar refractivity (Wildman–Crippen MR) is 76.4 cm³/mol. The highest BCUT2D eigenvalue weighted by atomic mass is 35.5. The van der Waals surface area contributed by atoms with E-state index in [1.54, 1.807) is 11.3 Å². The second-order valence-electron chi connectivity index (χ2n) is 4.01. The average Bonchev–Trinajstić information content (AvgIpc) is 2.83. The summed E-state index contributed by atoms with van der Waals surface area (Å²) in [4.78, 5) is 19.5. The molecule has 0 saturated carbocycles. The van der Waals surface area contributed by atoms with E-state index >= 15 is 0 Å². The summed E-state index contributed by atoms with van der Waals surface area (Å²) in [5.41, 5.74) is 0.933. The number of rotatable bonds is 2. The average molecular weight is 300 g/mol. The minimum Gasteiger partial charge on any atom is -0.266 e. The van der Waals surface area contributed by atoms with Crippen molar-refractivity contribution in [3.8, 4) is 0 Å². The fraction of sp³-hybridized carbons (Fsp3) is 0.364. The van der Waals surface area contributed by atoms with Crippen LogP contribution in [0.5, 0.6) is 0 Å². The number of halogens is 1. The molecular formula is C11H10ClN3OS2. The molecule has 0 N–H and O–H groups in total. The molecule has 0 radical (unpaired) electrons. The molecule has 0 aromatic carbocycles. The molecule has 0 unspecified atom stereocenters. The molecule has 0 aliphatic carbocycles. The summed E-state index contributed by atoms with van der Waals surface area (Å²) in [6, 6.07) is 0. The van der Waals surface area contributed by atoms with Gasteiger partial charge in [0.25, 0.3) is 5.56 Å². The Bertz CT molecular complexity index is 802. The molecule has 0 spiro atoms. The Morgan fingerprint density at radius 1 is 1.33 bits per heavy atom. The lowest BCUT2D eigenvalue weighted by molar-refractivity contribution is 0.872. The van der Waals surface area contributed by atoms with Crippen LogP contribution in [0.15, 0.2) is 4.79 Å². The number of fused-ring (bicyclic) bond motifs is 2. The van der Waals surface area contributed by atoms with Crippen LogP contribution >= 0.6 is 34.3 Å². The lowest BCUT2D eigenvalue weighted by Gasteiger charge is -1.92. The first-order chi connectivity index (χ1) is 8.61. The molecule has 0 amide bonds. The Kier molecular flexibility index (Phi) is 2.88. The van der Waals surface area contributed by atoms with Gasteiger partial charge in [-0.15, -0.1) is 22.9 Å². The van der Waals surface area contributed by atoms with Gasteiger partial charge in [-0.1, -0.05) is 11.3 Å². The first kappa shape index (κ1) is 12.1. The standard InChI is InChI=1S/C11H10ClN3OS2/c1-5-6(2)17-9-8(5)10(16)15-11(13-9)18-7(14-15)3-4-12/h3-4H2,1-2H3. The van der Waals surface area contributed by atoms with E-state index in [4.69, 9.17) is 11.6 Å². The van der Waals surface area contributed by atoms with Crippen LogP contribution < -0.4 is 5.56 Å². The SMILES string of the molecule is Cc1sc2nc3sc(CCCl)nn3c(=O)c2c1C. The third-order valence-corrected chi connectivity index (χ3v) is 5.14. The maximum atomic E-state index is 12.4. The van der Waals surface area contributed by atoms with Crippen LogP contribution in [-0.2, 0) is 6.42 Å². The van der Waals surface area contributed by atoms with Crippen molar-refractivity contribution in [1.82, 2.24) is 14.6 Å². The Labute approximate surface area is 116 Å². The van der Waals surface area contributed by atoms with Gasteiger partial charge in [-0.3, -0.25) is 4.79 Å². The first-order valence-electron chi connectivity index (χ1n) is 5.46. The van der Waals surface area contributed by atoms with Crippen molar-refractivity contribution in [2.24, 2.45) is 0 Å². The van der Waals surface area contributed by atoms with E-state index in [1.165, 1.54) is 15.9 Å². The normalized spacial score (nSPS) is 11.7. The van der Waals surface area contributed by atoms with E-state index in [0.717, 1.165) is 20.3 Å². The van der Waals surface area contributed by atoms with E-state index in [9.17, 15) is 4.79 Å². The minimum absolute atomic E-state index is 0.0751. The maximum Gasteiger partial charge on any atom is 0.284 e. The van der Waals surface area contributed by atoms with Crippen LogP contribution in [0.25, 0.3) is 15.2 Å². The van der Waals surface area contributed by atoms with Crippen molar-refractivity contribution < 1.29 is 0 Å². The summed E-state index contributed by atoms with van der Waals surface area (Å²) in [7, 11) is 0. The molecule has 3 aromatic heterocycles. The van der Waals surface area contributed by atoms with Gasteiger partial charge in [0.15, 0.2) is 0 Å². The Morgan fingerprint density at radius 2 is 2.11 bits per heavy atom. The molecular weight excluding hydrogens is 290 g/mol. The highest BCUT2D eigenvalue weighted by Gasteiger charge is 2.15. The molecule has 0 bridgehead atoms. The molecule has 18 heavy (non-hydrogen) atoms. The van der Waals surface area contributed by atoms with Crippen LogP contribution in [0.3, 0.4) is 0 Å². The number of nitrogens with zero attached hydrogens (tertiary/aromatic N) is 3. The van der Waals surface area contributed by atoms with Gasteiger partial charge < -0.3 is 0 Å². The number of thiophene rings is 1. The molecule has 0 saturated heterocycles. The summed E-state index contributed by atoms with van der Waals surface area (Å²) in [5.74, 6) is 0.501. The summed E-state index contributed by atoms with van der Waals surface area (Å²) in [6.07, 6.45) is 0.667. The lowest BCUT2D eigenvalue weighted by atomic mass is 10.2.